The lowest BCUT2D eigenvalue weighted by Crippen LogP contribution is -2.61. The molecule has 0 aliphatic carbocycles. The average molecular weight is 255 g/mol. The number of anilines is 3. The highest BCUT2D eigenvalue weighted by atomic mass is 16.4. The number of aromatic nitrogens is 2. The molecular weight excluding hydrogens is 246 g/mol. The summed E-state index contributed by atoms with van der Waals surface area (Å²) in [5.74, 6) is -3.39. The summed E-state index contributed by atoms with van der Waals surface area (Å²) in [4.78, 5) is 39.5. The van der Waals surface area contributed by atoms with Crippen LogP contribution in [0.15, 0.2) is 4.79 Å². The molecule has 1 aromatic heterocycles. The van der Waals surface area contributed by atoms with Gasteiger partial charge in [-0.05, 0) is 0 Å². The van der Waals surface area contributed by atoms with Crippen molar-refractivity contribution in [3.63, 3.8) is 0 Å². The topological polar surface area (TPSA) is 170 Å². The SMILES string of the molecule is Nc1nc2c(c(=O)[nH]1)NC(C(=O)O)(C(=O)O)CN2. The fourth-order valence-corrected chi connectivity index (χ4v) is 1.56. The van der Waals surface area contributed by atoms with E-state index in [-0.39, 0.29) is 17.5 Å². The molecule has 10 heteroatoms. The maximum Gasteiger partial charge on any atom is 0.343 e. The minimum Gasteiger partial charge on any atom is -0.479 e. The number of H-pyrrole nitrogens is 1. The number of nitrogens with one attached hydrogen (secondary N) is 3. The minimum absolute atomic E-state index is 0.00868. The van der Waals surface area contributed by atoms with E-state index in [2.05, 4.69) is 20.6 Å². The second kappa shape index (κ2) is 3.61. The van der Waals surface area contributed by atoms with E-state index < -0.39 is 29.6 Å². The zero-order valence-electron chi connectivity index (χ0n) is 8.85. The number of aliphatic carboxylic acids is 2. The molecule has 1 aromatic rings. The third-order valence-corrected chi connectivity index (χ3v) is 2.53. The van der Waals surface area contributed by atoms with E-state index >= 15 is 0 Å². The van der Waals surface area contributed by atoms with Gasteiger partial charge in [0.1, 0.15) is 5.69 Å². The van der Waals surface area contributed by atoms with Crippen molar-refractivity contribution in [2.24, 2.45) is 0 Å². The number of hydrogen-bond acceptors (Lipinski definition) is 7. The van der Waals surface area contributed by atoms with E-state index in [4.69, 9.17) is 15.9 Å². The van der Waals surface area contributed by atoms with Crippen LogP contribution in [0.4, 0.5) is 17.5 Å². The maximum absolute atomic E-state index is 11.6. The van der Waals surface area contributed by atoms with Crippen LogP contribution in [0, 0.1) is 0 Å². The van der Waals surface area contributed by atoms with Gasteiger partial charge in [-0.3, -0.25) is 9.78 Å². The van der Waals surface area contributed by atoms with Crippen molar-refractivity contribution in [2.75, 3.05) is 22.9 Å². The molecule has 0 atom stereocenters. The normalized spacial score (nSPS) is 16.0. The Morgan fingerprint density at radius 2 is 1.94 bits per heavy atom. The van der Waals surface area contributed by atoms with Crippen LogP contribution in [-0.4, -0.2) is 44.2 Å². The fourth-order valence-electron chi connectivity index (χ4n) is 1.56. The molecule has 0 saturated carbocycles. The minimum atomic E-state index is -2.32. The molecule has 2 rings (SSSR count). The van der Waals surface area contributed by atoms with Crippen LogP contribution >= 0.6 is 0 Å². The monoisotopic (exact) mass is 255 g/mol. The largest absolute Gasteiger partial charge is 0.479 e. The van der Waals surface area contributed by atoms with Gasteiger partial charge in [0.15, 0.2) is 5.82 Å². The summed E-state index contributed by atoms with van der Waals surface area (Å²) in [6.45, 7) is -0.472. The number of aromatic amines is 1. The van der Waals surface area contributed by atoms with Crippen molar-refractivity contribution in [3.05, 3.63) is 10.4 Å². The Bertz CT molecular complexity index is 580. The van der Waals surface area contributed by atoms with Gasteiger partial charge >= 0.3 is 11.9 Å². The Hall–Kier alpha value is -2.78. The quantitative estimate of drug-likeness (QED) is 0.330. The lowest BCUT2D eigenvalue weighted by molar-refractivity contribution is -0.154. The van der Waals surface area contributed by atoms with E-state index in [0.29, 0.717) is 0 Å². The van der Waals surface area contributed by atoms with Crippen LogP contribution in [0.1, 0.15) is 0 Å². The molecular formula is C8H9N5O5. The third kappa shape index (κ3) is 1.50. The van der Waals surface area contributed by atoms with Crippen molar-refractivity contribution in [2.45, 2.75) is 5.54 Å². The second-order valence-corrected chi connectivity index (χ2v) is 3.67. The molecule has 1 aliphatic heterocycles. The van der Waals surface area contributed by atoms with Crippen molar-refractivity contribution < 1.29 is 19.8 Å². The summed E-state index contributed by atoms with van der Waals surface area (Å²) >= 11 is 0. The van der Waals surface area contributed by atoms with Gasteiger partial charge in [0, 0.05) is 0 Å². The van der Waals surface area contributed by atoms with Gasteiger partial charge in [0.2, 0.25) is 5.95 Å². The lowest BCUT2D eigenvalue weighted by Gasteiger charge is -2.32. The number of fused-ring (bicyclic) bond motifs is 1. The summed E-state index contributed by atoms with van der Waals surface area (Å²) in [5.41, 5.74) is 1.95. The van der Waals surface area contributed by atoms with Crippen molar-refractivity contribution in [1.82, 2.24) is 9.97 Å². The van der Waals surface area contributed by atoms with Gasteiger partial charge in [-0.25, -0.2) is 9.59 Å². The predicted molar refractivity (Wildman–Crippen MR) is 59.4 cm³/mol. The molecule has 0 aromatic carbocycles. The van der Waals surface area contributed by atoms with Gasteiger partial charge in [-0.15, -0.1) is 0 Å². The first-order valence-corrected chi connectivity index (χ1v) is 4.75. The molecule has 10 nitrogen and oxygen atoms in total. The predicted octanol–water partition coefficient (Wildman–Crippen LogP) is -1.90. The molecule has 0 amide bonds. The first kappa shape index (κ1) is 11.7. The van der Waals surface area contributed by atoms with E-state index in [1.807, 2.05) is 0 Å². The molecule has 0 radical (unpaired) electrons. The van der Waals surface area contributed by atoms with Crippen molar-refractivity contribution >= 4 is 29.4 Å². The Kier molecular flexibility index (Phi) is 2.35. The highest BCUT2D eigenvalue weighted by Gasteiger charge is 2.50. The Morgan fingerprint density at radius 3 is 2.50 bits per heavy atom. The van der Waals surface area contributed by atoms with Crippen LogP contribution in [0.5, 0.6) is 0 Å². The first-order chi connectivity index (χ1) is 8.36. The highest BCUT2D eigenvalue weighted by molar-refractivity contribution is 6.08. The summed E-state index contributed by atoms with van der Waals surface area (Å²) in [5, 5.41) is 22.6. The van der Waals surface area contributed by atoms with Crippen LogP contribution in [0.25, 0.3) is 0 Å². The second-order valence-electron chi connectivity index (χ2n) is 3.67. The van der Waals surface area contributed by atoms with E-state index in [1.165, 1.54) is 0 Å². The van der Waals surface area contributed by atoms with E-state index in [0.717, 1.165) is 0 Å². The third-order valence-electron chi connectivity index (χ3n) is 2.53. The molecule has 7 N–H and O–H groups in total. The first-order valence-electron chi connectivity index (χ1n) is 4.75. The zero-order chi connectivity index (χ0) is 13.5. The standard InChI is InChI=1S/C8H9N5O5/c9-7-11-3-2(4(14)12-7)13-8(1-10-3,5(15)16)6(17)18/h13H,1H2,(H,15,16)(H,17,18)(H4,9,10,11,12,14). The van der Waals surface area contributed by atoms with E-state index in [1.54, 1.807) is 0 Å². The number of carboxylic acid groups (broad SMARTS) is 2. The number of carbonyl (C=O) groups is 2. The molecule has 0 spiro atoms. The molecule has 0 saturated heterocycles. The number of nitrogens with zero attached hydrogens (tertiary/aromatic N) is 1. The number of nitrogen functional groups attached to an aromatic ring is 1. The van der Waals surface area contributed by atoms with Crippen molar-refractivity contribution in [1.29, 1.82) is 0 Å². The van der Waals surface area contributed by atoms with Gasteiger partial charge in [0.25, 0.3) is 11.1 Å². The molecule has 0 unspecified atom stereocenters. The van der Waals surface area contributed by atoms with Crippen molar-refractivity contribution in [3.8, 4) is 0 Å². The van der Waals surface area contributed by atoms with Gasteiger partial charge < -0.3 is 26.6 Å². The molecule has 96 valence electrons. The number of carboxylic acids is 2. The average Bonchev–Trinajstić information content (AvgIpc) is 2.27. The van der Waals surface area contributed by atoms with Crippen LogP contribution in [0.2, 0.25) is 0 Å². The molecule has 2 heterocycles. The zero-order valence-corrected chi connectivity index (χ0v) is 8.85. The molecule has 0 fully saturated rings. The van der Waals surface area contributed by atoms with Crippen LogP contribution in [-0.2, 0) is 9.59 Å². The van der Waals surface area contributed by atoms with Crippen LogP contribution < -0.4 is 21.9 Å². The molecule has 0 bridgehead atoms. The number of hydrogen-bond donors (Lipinski definition) is 6. The number of rotatable bonds is 2. The Labute approximate surface area is 98.8 Å². The lowest BCUT2D eigenvalue weighted by atomic mass is 9.97. The molecule has 18 heavy (non-hydrogen) atoms. The molecule has 1 aliphatic rings. The Morgan fingerprint density at radius 1 is 1.33 bits per heavy atom. The fraction of sp³-hybridized carbons (Fsp3) is 0.250. The van der Waals surface area contributed by atoms with Gasteiger partial charge in [-0.1, -0.05) is 0 Å². The summed E-state index contributed by atoms with van der Waals surface area (Å²) in [7, 11) is 0. The summed E-state index contributed by atoms with van der Waals surface area (Å²) in [6.07, 6.45) is 0. The maximum atomic E-state index is 11.6. The van der Waals surface area contributed by atoms with Gasteiger partial charge in [0.05, 0.1) is 6.54 Å². The van der Waals surface area contributed by atoms with Crippen LogP contribution in [0.3, 0.4) is 0 Å². The van der Waals surface area contributed by atoms with E-state index in [9.17, 15) is 14.4 Å². The summed E-state index contributed by atoms with van der Waals surface area (Å²) < 4.78 is 0. The van der Waals surface area contributed by atoms with Gasteiger partial charge in [-0.2, -0.15) is 4.98 Å². The Balaban J connectivity index is 2.55. The summed E-state index contributed by atoms with van der Waals surface area (Å²) in [6, 6.07) is 0. The smallest absolute Gasteiger partial charge is 0.343 e. The number of nitrogens with two attached hydrogens (primary N) is 1. The highest BCUT2D eigenvalue weighted by Crippen LogP contribution is 2.25.